The van der Waals surface area contributed by atoms with Crippen molar-refractivity contribution < 1.29 is 4.79 Å². The molecule has 0 aliphatic heterocycles. The van der Waals surface area contributed by atoms with Crippen molar-refractivity contribution in [1.82, 2.24) is 4.98 Å². The van der Waals surface area contributed by atoms with Crippen LogP contribution in [-0.2, 0) is 11.2 Å². The van der Waals surface area contributed by atoms with Gasteiger partial charge in [0.2, 0.25) is 0 Å². The van der Waals surface area contributed by atoms with E-state index in [1.165, 1.54) is 23.1 Å². The number of nitrogens with zero attached hydrogens (tertiary/aromatic N) is 1. The first-order valence-corrected chi connectivity index (χ1v) is 7.69. The molecule has 1 aromatic heterocycles. The van der Waals surface area contributed by atoms with Gasteiger partial charge in [0.1, 0.15) is 10.8 Å². The zero-order chi connectivity index (χ0) is 13.0. The molecular formula is C13H12ClNOS2. The molecule has 0 saturated heterocycles. The largest absolute Gasteiger partial charge is 0.298 e. The topological polar surface area (TPSA) is 30.0 Å². The first kappa shape index (κ1) is 13.6. The number of halogens is 1. The van der Waals surface area contributed by atoms with Crippen LogP contribution in [-0.4, -0.2) is 16.5 Å². The number of Topliss-reactive ketones (excluding diaryl/α,β-unsaturated/α-hetero) is 1. The Morgan fingerprint density at radius 3 is 3.00 bits per heavy atom. The molecule has 2 aromatic rings. The van der Waals surface area contributed by atoms with Gasteiger partial charge in [0.25, 0.3) is 0 Å². The van der Waals surface area contributed by atoms with E-state index in [0.717, 1.165) is 15.6 Å². The van der Waals surface area contributed by atoms with Crippen molar-refractivity contribution in [2.45, 2.75) is 18.2 Å². The lowest BCUT2D eigenvalue weighted by Crippen LogP contribution is -2.05. The molecule has 0 unspecified atom stereocenters. The predicted octanol–water partition coefficient (Wildman–Crippen LogP) is 4.01. The highest BCUT2D eigenvalue weighted by Crippen LogP contribution is 2.22. The third-order valence-electron chi connectivity index (χ3n) is 2.21. The molecular weight excluding hydrogens is 286 g/mol. The number of benzene rings is 1. The van der Waals surface area contributed by atoms with Gasteiger partial charge in [-0.25, -0.2) is 4.98 Å². The number of thioether (sulfide) groups is 1. The van der Waals surface area contributed by atoms with E-state index in [-0.39, 0.29) is 5.78 Å². The van der Waals surface area contributed by atoms with E-state index >= 15 is 0 Å². The number of aryl methyl sites for hydroxylation is 1. The molecule has 94 valence electrons. The Morgan fingerprint density at radius 1 is 1.50 bits per heavy atom. The highest BCUT2D eigenvalue weighted by Gasteiger charge is 2.07. The number of rotatable bonds is 5. The first-order valence-electron chi connectivity index (χ1n) is 5.44. The maximum absolute atomic E-state index is 11.8. The summed E-state index contributed by atoms with van der Waals surface area (Å²) < 4.78 is 0. The van der Waals surface area contributed by atoms with Gasteiger partial charge >= 0.3 is 0 Å². The minimum absolute atomic E-state index is 0.189. The second kappa shape index (κ2) is 6.36. The van der Waals surface area contributed by atoms with Crippen molar-refractivity contribution in [2.24, 2.45) is 0 Å². The lowest BCUT2D eigenvalue weighted by Gasteiger charge is -2.00. The van der Waals surface area contributed by atoms with Crippen molar-refractivity contribution in [1.29, 1.82) is 0 Å². The van der Waals surface area contributed by atoms with Gasteiger partial charge in [0.05, 0.1) is 12.2 Å². The van der Waals surface area contributed by atoms with Crippen molar-refractivity contribution >= 4 is 40.5 Å². The summed E-state index contributed by atoms with van der Waals surface area (Å²) in [7, 11) is 0. The molecule has 2 rings (SSSR count). The van der Waals surface area contributed by atoms with Crippen molar-refractivity contribution in [2.75, 3.05) is 5.75 Å². The molecule has 0 fully saturated rings. The first-order chi connectivity index (χ1) is 8.63. The summed E-state index contributed by atoms with van der Waals surface area (Å²) in [5.41, 5.74) is 0.977. The van der Waals surface area contributed by atoms with Gasteiger partial charge in [-0.3, -0.25) is 4.79 Å². The van der Waals surface area contributed by atoms with Gasteiger partial charge in [-0.05, 0) is 25.1 Å². The molecule has 5 heteroatoms. The quantitative estimate of drug-likeness (QED) is 0.781. The van der Waals surface area contributed by atoms with E-state index < -0.39 is 0 Å². The summed E-state index contributed by atoms with van der Waals surface area (Å²) in [4.78, 5) is 17.1. The van der Waals surface area contributed by atoms with E-state index in [1.54, 1.807) is 0 Å². The van der Waals surface area contributed by atoms with E-state index in [4.69, 9.17) is 11.6 Å². The molecule has 0 atom stereocenters. The Morgan fingerprint density at radius 2 is 2.33 bits per heavy atom. The molecule has 0 saturated carbocycles. The fourth-order valence-corrected chi connectivity index (χ4v) is 3.29. The summed E-state index contributed by atoms with van der Waals surface area (Å²) in [6.45, 7) is 1.94. The summed E-state index contributed by atoms with van der Waals surface area (Å²) in [6.07, 6.45) is 0.423. The third kappa shape index (κ3) is 4.12. The zero-order valence-corrected chi connectivity index (χ0v) is 12.2. The van der Waals surface area contributed by atoms with Gasteiger partial charge in [0.15, 0.2) is 0 Å². The lowest BCUT2D eigenvalue weighted by molar-refractivity contribution is -0.116. The molecule has 2 nitrogen and oxygen atoms in total. The Hall–Kier alpha value is -0.840. The van der Waals surface area contributed by atoms with Crippen LogP contribution in [0.25, 0.3) is 0 Å². The van der Waals surface area contributed by atoms with Gasteiger partial charge in [-0.2, -0.15) is 0 Å². The Labute approximate surface area is 119 Å². The highest BCUT2D eigenvalue weighted by atomic mass is 35.5. The zero-order valence-electron chi connectivity index (χ0n) is 9.85. The summed E-state index contributed by atoms with van der Waals surface area (Å²) in [5.74, 6) is 0.647. The van der Waals surface area contributed by atoms with Crippen molar-refractivity contribution in [3.8, 4) is 0 Å². The monoisotopic (exact) mass is 297 g/mol. The Bertz CT molecular complexity index is 553. The number of thiazole rings is 1. The molecule has 0 N–H and O–H groups in total. The lowest BCUT2D eigenvalue weighted by atomic mass is 10.3. The third-order valence-corrected chi connectivity index (χ3v) is 4.47. The average molecular weight is 298 g/mol. The number of aromatic nitrogens is 1. The molecule has 0 spiro atoms. The van der Waals surface area contributed by atoms with Crippen LogP contribution in [0, 0.1) is 6.92 Å². The van der Waals surface area contributed by atoms with Crippen LogP contribution in [0.3, 0.4) is 0 Å². The van der Waals surface area contributed by atoms with Gasteiger partial charge in [-0.15, -0.1) is 23.1 Å². The minimum atomic E-state index is 0.189. The number of ketones is 1. The molecule has 0 radical (unpaired) electrons. The van der Waals surface area contributed by atoms with Gasteiger partial charge in [-0.1, -0.05) is 17.7 Å². The normalized spacial score (nSPS) is 10.6. The summed E-state index contributed by atoms with van der Waals surface area (Å²) in [6, 6.07) is 7.54. The average Bonchev–Trinajstić information content (AvgIpc) is 2.72. The summed E-state index contributed by atoms with van der Waals surface area (Å²) >= 11 is 8.94. The van der Waals surface area contributed by atoms with Gasteiger partial charge in [0, 0.05) is 21.0 Å². The van der Waals surface area contributed by atoms with Crippen LogP contribution in [0.4, 0.5) is 0 Å². The smallest absolute Gasteiger partial charge is 0.149 e. The van der Waals surface area contributed by atoms with Crippen LogP contribution < -0.4 is 0 Å². The van der Waals surface area contributed by atoms with E-state index in [1.807, 2.05) is 36.6 Å². The standard InChI is InChI=1S/C13H12ClNOS2/c1-9-7-18-13(15-9)6-11(16)8-17-12-4-2-3-10(14)5-12/h2-5,7H,6,8H2,1H3. The summed E-state index contributed by atoms with van der Waals surface area (Å²) in [5, 5.41) is 3.55. The number of carbonyl (C=O) groups excluding carboxylic acids is 1. The Balaban J connectivity index is 1.85. The number of hydrogen-bond donors (Lipinski definition) is 0. The highest BCUT2D eigenvalue weighted by molar-refractivity contribution is 8.00. The second-order valence-corrected chi connectivity index (χ2v) is 6.27. The molecule has 18 heavy (non-hydrogen) atoms. The molecule has 0 bridgehead atoms. The maximum atomic E-state index is 11.8. The van der Waals surface area contributed by atoms with Crippen LogP contribution in [0.2, 0.25) is 5.02 Å². The molecule has 0 aliphatic carbocycles. The van der Waals surface area contributed by atoms with Crippen LogP contribution in [0.1, 0.15) is 10.7 Å². The maximum Gasteiger partial charge on any atom is 0.149 e. The fraction of sp³-hybridized carbons (Fsp3) is 0.231. The number of carbonyl (C=O) groups is 1. The number of hydrogen-bond acceptors (Lipinski definition) is 4. The van der Waals surface area contributed by atoms with Gasteiger partial charge < -0.3 is 0 Å². The minimum Gasteiger partial charge on any atom is -0.298 e. The van der Waals surface area contributed by atoms with E-state index in [0.29, 0.717) is 17.2 Å². The predicted molar refractivity (Wildman–Crippen MR) is 77.7 cm³/mol. The van der Waals surface area contributed by atoms with Crippen LogP contribution >= 0.6 is 34.7 Å². The molecule has 0 amide bonds. The second-order valence-electron chi connectivity index (χ2n) is 3.84. The van der Waals surface area contributed by atoms with Crippen LogP contribution in [0.15, 0.2) is 34.5 Å². The Kier molecular flexibility index (Phi) is 4.80. The van der Waals surface area contributed by atoms with E-state index in [2.05, 4.69) is 4.98 Å². The molecule has 1 aromatic carbocycles. The fourth-order valence-electron chi connectivity index (χ4n) is 1.42. The molecule has 0 aliphatic rings. The van der Waals surface area contributed by atoms with Crippen molar-refractivity contribution in [3.63, 3.8) is 0 Å². The van der Waals surface area contributed by atoms with Crippen LogP contribution in [0.5, 0.6) is 0 Å². The molecule has 1 heterocycles. The van der Waals surface area contributed by atoms with E-state index in [9.17, 15) is 4.79 Å². The van der Waals surface area contributed by atoms with Crippen molar-refractivity contribution in [3.05, 3.63) is 45.4 Å². The SMILES string of the molecule is Cc1csc(CC(=O)CSc2cccc(Cl)c2)n1.